The average Bonchev–Trinajstić information content (AvgIpc) is 2.65. The highest BCUT2D eigenvalue weighted by atomic mass is 19.1. The van der Waals surface area contributed by atoms with Gasteiger partial charge in [0.25, 0.3) is 0 Å². The van der Waals surface area contributed by atoms with Gasteiger partial charge in [-0.05, 0) is 45.3 Å². The van der Waals surface area contributed by atoms with Crippen molar-refractivity contribution in [2.45, 2.75) is 38.9 Å². The molecule has 0 amide bonds. The Morgan fingerprint density at radius 1 is 1.30 bits per heavy atom. The Kier molecular flexibility index (Phi) is 4.66. The van der Waals surface area contributed by atoms with Crippen molar-refractivity contribution in [3.63, 3.8) is 0 Å². The molecule has 5 nitrogen and oxygen atoms in total. The van der Waals surface area contributed by atoms with Crippen molar-refractivity contribution >= 4 is 19.2 Å². The molecule has 0 unspecified atom stereocenters. The summed E-state index contributed by atoms with van der Waals surface area (Å²) in [4.78, 5) is 11.3. The molecule has 1 aliphatic heterocycles. The molecule has 0 aromatic heterocycles. The summed E-state index contributed by atoms with van der Waals surface area (Å²) in [5.74, 6) is -1.84. The van der Waals surface area contributed by atoms with Crippen molar-refractivity contribution in [3.05, 3.63) is 40.6 Å². The third-order valence-corrected chi connectivity index (χ3v) is 4.40. The van der Waals surface area contributed by atoms with Gasteiger partial charge in [0.2, 0.25) is 0 Å². The summed E-state index contributed by atoms with van der Waals surface area (Å²) in [6, 6.07) is 3.90. The summed E-state index contributed by atoms with van der Waals surface area (Å²) in [6.07, 6.45) is 1.40. The van der Waals surface area contributed by atoms with E-state index >= 15 is 0 Å². The molecule has 1 heterocycles. The molecule has 1 aromatic carbocycles. The van der Waals surface area contributed by atoms with Crippen LogP contribution in [0, 0.1) is 5.82 Å². The van der Waals surface area contributed by atoms with Gasteiger partial charge < -0.3 is 20.1 Å². The van der Waals surface area contributed by atoms with Gasteiger partial charge in [-0.15, -0.1) is 0 Å². The summed E-state index contributed by atoms with van der Waals surface area (Å²) < 4.78 is 25.8. The quantitative estimate of drug-likeness (QED) is 0.833. The summed E-state index contributed by atoms with van der Waals surface area (Å²) in [5, 5.41) is 9.22. The first-order chi connectivity index (χ1) is 10.6. The first-order valence-corrected chi connectivity index (χ1v) is 7.37. The van der Waals surface area contributed by atoms with Crippen LogP contribution in [0.1, 0.15) is 43.6 Å². The van der Waals surface area contributed by atoms with Crippen LogP contribution in [-0.2, 0) is 9.31 Å². The predicted octanol–water partition coefficient (Wildman–Crippen LogP) is 2.50. The molecule has 0 radical (unpaired) electrons. The predicted molar refractivity (Wildman–Crippen MR) is 86.5 cm³/mol. The highest BCUT2D eigenvalue weighted by molar-refractivity contribution is 6.56. The first-order valence-electron chi connectivity index (χ1n) is 7.37. The molecule has 0 spiro atoms. The lowest BCUT2D eigenvalue weighted by molar-refractivity contribution is 0.00578. The van der Waals surface area contributed by atoms with Crippen molar-refractivity contribution < 1.29 is 23.6 Å². The number of benzene rings is 1. The molecule has 7 heteroatoms. The molecule has 2 rings (SSSR count). The molecular weight excluding hydrogens is 300 g/mol. The zero-order chi connectivity index (χ0) is 17.4. The van der Waals surface area contributed by atoms with Crippen molar-refractivity contribution in [2.75, 3.05) is 6.54 Å². The summed E-state index contributed by atoms with van der Waals surface area (Å²) >= 11 is 0. The van der Waals surface area contributed by atoms with E-state index in [4.69, 9.17) is 15.0 Å². The minimum absolute atomic E-state index is 0.0323. The van der Waals surface area contributed by atoms with Crippen LogP contribution in [0.15, 0.2) is 23.7 Å². The summed E-state index contributed by atoms with van der Waals surface area (Å²) in [5.41, 5.74) is 4.96. The van der Waals surface area contributed by atoms with Crippen LogP contribution in [0.3, 0.4) is 0 Å². The second-order valence-electron chi connectivity index (χ2n) is 6.52. The Bertz CT molecular complexity index is 641. The van der Waals surface area contributed by atoms with Gasteiger partial charge in [-0.25, -0.2) is 9.18 Å². The number of aromatic carboxylic acids is 1. The fourth-order valence-corrected chi connectivity index (χ4v) is 2.27. The van der Waals surface area contributed by atoms with Crippen molar-refractivity contribution in [1.82, 2.24) is 0 Å². The number of hydrogen-bond donors (Lipinski definition) is 2. The van der Waals surface area contributed by atoms with E-state index in [-0.39, 0.29) is 17.7 Å². The first kappa shape index (κ1) is 17.7. The summed E-state index contributed by atoms with van der Waals surface area (Å²) in [7, 11) is -0.744. The largest absolute Gasteiger partial charge is 0.491 e. The van der Waals surface area contributed by atoms with Crippen molar-refractivity contribution in [2.24, 2.45) is 5.73 Å². The highest BCUT2D eigenvalue weighted by Crippen LogP contribution is 2.38. The van der Waals surface area contributed by atoms with E-state index in [1.54, 1.807) is 0 Å². The van der Waals surface area contributed by atoms with Gasteiger partial charge >= 0.3 is 13.1 Å². The monoisotopic (exact) mass is 321 g/mol. The second-order valence-corrected chi connectivity index (χ2v) is 6.52. The molecule has 1 saturated heterocycles. The van der Waals surface area contributed by atoms with Gasteiger partial charge in [-0.2, -0.15) is 0 Å². The molecule has 1 aromatic rings. The van der Waals surface area contributed by atoms with Gasteiger partial charge in [-0.1, -0.05) is 12.1 Å². The lowest BCUT2D eigenvalue weighted by Crippen LogP contribution is -2.41. The Balaban J connectivity index is 2.44. The van der Waals surface area contributed by atoms with E-state index in [2.05, 4.69) is 0 Å². The Morgan fingerprint density at radius 2 is 1.87 bits per heavy atom. The second kappa shape index (κ2) is 6.07. The maximum Gasteiger partial charge on any atom is 0.491 e. The van der Waals surface area contributed by atoms with Crippen LogP contribution in [0.2, 0.25) is 0 Å². The Labute approximate surface area is 135 Å². The standard InChI is InChI=1S/C16H21BFNO4/c1-15(2)16(3,4)23-17(22-15)10(9-19)8-12-11(14(20)21)6-5-7-13(12)18/h5-8H,9,19H2,1-4H3,(H,20,21). The highest BCUT2D eigenvalue weighted by Gasteiger charge is 2.52. The number of hydrogen-bond acceptors (Lipinski definition) is 4. The number of rotatable bonds is 4. The third kappa shape index (κ3) is 3.31. The van der Waals surface area contributed by atoms with Crippen molar-refractivity contribution in [3.8, 4) is 0 Å². The van der Waals surface area contributed by atoms with E-state index in [9.17, 15) is 14.3 Å². The minimum Gasteiger partial charge on any atom is -0.478 e. The zero-order valence-corrected chi connectivity index (χ0v) is 13.7. The maximum atomic E-state index is 14.1. The zero-order valence-electron chi connectivity index (χ0n) is 13.7. The van der Waals surface area contributed by atoms with Crippen LogP contribution in [-0.4, -0.2) is 35.9 Å². The van der Waals surface area contributed by atoms with Crippen LogP contribution < -0.4 is 5.73 Å². The molecule has 124 valence electrons. The van der Waals surface area contributed by atoms with E-state index in [1.807, 2.05) is 27.7 Å². The number of carboxylic acid groups (broad SMARTS) is 1. The van der Waals surface area contributed by atoms with Gasteiger partial charge in [-0.3, -0.25) is 0 Å². The minimum atomic E-state index is -1.21. The average molecular weight is 321 g/mol. The van der Waals surface area contributed by atoms with Crippen LogP contribution >= 0.6 is 0 Å². The van der Waals surface area contributed by atoms with Gasteiger partial charge in [0, 0.05) is 12.1 Å². The number of halogens is 1. The fraction of sp³-hybridized carbons (Fsp3) is 0.438. The van der Waals surface area contributed by atoms with Crippen LogP contribution in [0.4, 0.5) is 4.39 Å². The van der Waals surface area contributed by atoms with Crippen LogP contribution in [0.25, 0.3) is 6.08 Å². The normalized spacial score (nSPS) is 19.9. The Morgan fingerprint density at radius 3 is 2.35 bits per heavy atom. The van der Waals surface area contributed by atoms with Gasteiger partial charge in [0.1, 0.15) is 5.82 Å². The molecule has 1 aliphatic rings. The number of carbonyl (C=O) groups is 1. The molecule has 0 aliphatic carbocycles. The molecule has 0 saturated carbocycles. The van der Waals surface area contributed by atoms with E-state index in [0.29, 0.717) is 5.47 Å². The number of carboxylic acids is 1. The lowest BCUT2D eigenvalue weighted by atomic mass is 9.76. The van der Waals surface area contributed by atoms with Crippen LogP contribution in [0.5, 0.6) is 0 Å². The van der Waals surface area contributed by atoms with E-state index in [1.165, 1.54) is 24.3 Å². The Hall–Kier alpha value is -1.70. The molecule has 3 N–H and O–H groups in total. The third-order valence-electron chi connectivity index (χ3n) is 4.40. The van der Waals surface area contributed by atoms with E-state index in [0.717, 1.165) is 0 Å². The molecule has 0 bridgehead atoms. The van der Waals surface area contributed by atoms with E-state index < -0.39 is 30.1 Å². The number of nitrogens with two attached hydrogens (primary N) is 1. The topological polar surface area (TPSA) is 81.8 Å². The van der Waals surface area contributed by atoms with Crippen molar-refractivity contribution in [1.29, 1.82) is 0 Å². The summed E-state index contributed by atoms with van der Waals surface area (Å²) in [6.45, 7) is 7.64. The molecule has 0 atom stereocenters. The fourth-order valence-electron chi connectivity index (χ4n) is 2.27. The SMILES string of the molecule is CC1(C)OB(C(=Cc2c(F)cccc2C(=O)O)CN)OC1(C)C. The lowest BCUT2D eigenvalue weighted by Gasteiger charge is -2.32. The van der Waals surface area contributed by atoms with Gasteiger partial charge in [0.05, 0.1) is 16.8 Å². The maximum absolute atomic E-state index is 14.1. The molecule has 1 fully saturated rings. The molecular formula is C16H21BFNO4. The molecule has 23 heavy (non-hydrogen) atoms. The smallest absolute Gasteiger partial charge is 0.478 e. The van der Waals surface area contributed by atoms with Gasteiger partial charge in [0.15, 0.2) is 0 Å².